The summed E-state index contributed by atoms with van der Waals surface area (Å²) >= 11 is 9.18. The van der Waals surface area contributed by atoms with Crippen LogP contribution < -0.4 is 0 Å². The van der Waals surface area contributed by atoms with Crippen molar-refractivity contribution in [1.29, 1.82) is 0 Å². The van der Waals surface area contributed by atoms with Crippen LogP contribution in [0.1, 0.15) is 11.5 Å². The van der Waals surface area contributed by atoms with Gasteiger partial charge >= 0.3 is 0 Å². The molecule has 1 fully saturated rings. The molecule has 0 aliphatic heterocycles. The molecule has 0 saturated heterocycles. The molecule has 0 aromatic heterocycles. The third kappa shape index (κ3) is 2.83. The van der Waals surface area contributed by atoms with Gasteiger partial charge in [-0.25, -0.2) is 8.42 Å². The average molecular weight is 402 g/mol. The van der Waals surface area contributed by atoms with Crippen LogP contribution in [0, 0.1) is 5.92 Å². The van der Waals surface area contributed by atoms with Crippen LogP contribution in [0.15, 0.2) is 57.9 Å². The summed E-state index contributed by atoms with van der Waals surface area (Å²) in [7, 11) is -3.48. The molecular weight excluding hydrogens is 388 g/mol. The fourth-order valence-corrected chi connectivity index (χ4v) is 5.48. The summed E-state index contributed by atoms with van der Waals surface area (Å²) in [6.07, 6.45) is 0. The van der Waals surface area contributed by atoms with Gasteiger partial charge in [-0.15, -0.1) is 0 Å². The van der Waals surface area contributed by atoms with Crippen molar-refractivity contribution >= 4 is 37.4 Å². The molecule has 3 atom stereocenters. The van der Waals surface area contributed by atoms with E-state index in [1.807, 2.05) is 24.3 Å². The van der Waals surface area contributed by atoms with Crippen LogP contribution in [0.4, 0.5) is 0 Å². The predicted octanol–water partition coefficient (Wildman–Crippen LogP) is 3.65. The van der Waals surface area contributed by atoms with Crippen LogP contribution in [0.25, 0.3) is 0 Å². The molecule has 3 rings (SSSR count). The normalized spacial score (nSPS) is 24.2. The van der Waals surface area contributed by atoms with E-state index in [9.17, 15) is 13.5 Å². The Bertz CT molecular complexity index is 772. The van der Waals surface area contributed by atoms with Gasteiger partial charge in [-0.3, -0.25) is 0 Å². The molecule has 0 amide bonds. The molecule has 1 aliphatic rings. The smallest absolute Gasteiger partial charge is 0.182 e. The first-order valence-corrected chi connectivity index (χ1v) is 9.52. The van der Waals surface area contributed by atoms with Crippen LogP contribution in [0.3, 0.4) is 0 Å². The van der Waals surface area contributed by atoms with Crippen molar-refractivity contribution in [2.24, 2.45) is 5.92 Å². The molecule has 2 aromatic rings. The zero-order valence-electron chi connectivity index (χ0n) is 11.5. The second kappa shape index (κ2) is 5.96. The Kier molecular flexibility index (Phi) is 4.34. The van der Waals surface area contributed by atoms with Crippen LogP contribution in [0.2, 0.25) is 5.02 Å². The van der Waals surface area contributed by atoms with Crippen molar-refractivity contribution in [1.82, 2.24) is 0 Å². The summed E-state index contributed by atoms with van der Waals surface area (Å²) in [5.74, 6) is -0.430. The maximum atomic E-state index is 12.8. The minimum atomic E-state index is -3.48. The fourth-order valence-electron chi connectivity index (χ4n) is 2.89. The fraction of sp³-hybridized carbons (Fsp3) is 0.250. The number of halogens is 2. The van der Waals surface area contributed by atoms with E-state index in [1.165, 1.54) is 12.1 Å². The summed E-state index contributed by atoms with van der Waals surface area (Å²) in [6.45, 7) is -0.141. The monoisotopic (exact) mass is 400 g/mol. The van der Waals surface area contributed by atoms with Crippen molar-refractivity contribution in [3.8, 4) is 0 Å². The van der Waals surface area contributed by atoms with Crippen LogP contribution in [-0.2, 0) is 9.84 Å². The van der Waals surface area contributed by atoms with E-state index in [0.29, 0.717) is 5.02 Å². The van der Waals surface area contributed by atoms with Crippen LogP contribution >= 0.6 is 27.5 Å². The molecule has 1 N–H and O–H groups in total. The number of sulfone groups is 1. The lowest BCUT2D eigenvalue weighted by molar-refractivity contribution is 0.274. The molecule has 6 heteroatoms. The van der Waals surface area contributed by atoms with Crippen molar-refractivity contribution in [3.63, 3.8) is 0 Å². The molecule has 1 aliphatic carbocycles. The van der Waals surface area contributed by atoms with E-state index >= 15 is 0 Å². The van der Waals surface area contributed by atoms with Crippen LogP contribution in [-0.4, -0.2) is 25.4 Å². The quantitative estimate of drug-likeness (QED) is 0.851. The second-order valence-electron chi connectivity index (χ2n) is 5.39. The Labute approximate surface area is 143 Å². The summed E-state index contributed by atoms with van der Waals surface area (Å²) < 4.78 is 26.5. The van der Waals surface area contributed by atoms with Gasteiger partial charge in [-0.1, -0.05) is 39.7 Å². The van der Waals surface area contributed by atoms with Crippen molar-refractivity contribution < 1.29 is 13.5 Å². The molecule has 0 unspecified atom stereocenters. The Balaban J connectivity index is 1.93. The largest absolute Gasteiger partial charge is 0.396 e. The lowest BCUT2D eigenvalue weighted by Crippen LogP contribution is -2.11. The summed E-state index contributed by atoms with van der Waals surface area (Å²) in [4.78, 5) is 0.250. The van der Waals surface area contributed by atoms with E-state index in [0.717, 1.165) is 10.0 Å². The van der Waals surface area contributed by atoms with E-state index in [2.05, 4.69) is 15.9 Å². The summed E-state index contributed by atoms with van der Waals surface area (Å²) in [5.41, 5.74) is 0.935. The van der Waals surface area contributed by atoms with Gasteiger partial charge in [-0.05, 0) is 42.0 Å². The molecule has 0 bridgehead atoms. The molecule has 22 heavy (non-hydrogen) atoms. The number of hydrogen-bond donors (Lipinski definition) is 1. The average Bonchev–Trinajstić information content (AvgIpc) is 3.24. The highest BCUT2D eigenvalue weighted by Gasteiger charge is 2.58. The third-order valence-corrected chi connectivity index (χ3v) is 7.13. The van der Waals surface area contributed by atoms with Gasteiger partial charge in [0.2, 0.25) is 0 Å². The predicted molar refractivity (Wildman–Crippen MR) is 89.9 cm³/mol. The first kappa shape index (κ1) is 16.0. The maximum absolute atomic E-state index is 12.8. The Morgan fingerprint density at radius 3 is 2.18 bits per heavy atom. The van der Waals surface area contributed by atoms with Gasteiger partial charge in [-0.2, -0.15) is 0 Å². The molecule has 3 nitrogen and oxygen atoms in total. The van der Waals surface area contributed by atoms with Crippen molar-refractivity contribution in [2.45, 2.75) is 16.1 Å². The summed E-state index contributed by atoms with van der Waals surface area (Å²) in [5, 5.41) is 9.44. The van der Waals surface area contributed by atoms with E-state index in [4.69, 9.17) is 11.6 Å². The van der Waals surface area contributed by atoms with Gasteiger partial charge < -0.3 is 5.11 Å². The molecule has 116 valence electrons. The zero-order chi connectivity index (χ0) is 15.9. The Morgan fingerprint density at radius 2 is 1.64 bits per heavy atom. The molecule has 0 radical (unpaired) electrons. The maximum Gasteiger partial charge on any atom is 0.182 e. The van der Waals surface area contributed by atoms with E-state index < -0.39 is 15.1 Å². The van der Waals surface area contributed by atoms with Crippen molar-refractivity contribution in [2.75, 3.05) is 6.61 Å². The number of hydrogen-bond acceptors (Lipinski definition) is 3. The first-order chi connectivity index (χ1) is 10.4. The van der Waals surface area contributed by atoms with E-state index in [1.54, 1.807) is 12.1 Å². The minimum Gasteiger partial charge on any atom is -0.396 e. The Morgan fingerprint density at radius 1 is 1.05 bits per heavy atom. The topological polar surface area (TPSA) is 54.4 Å². The van der Waals surface area contributed by atoms with Gasteiger partial charge in [0.1, 0.15) is 0 Å². The van der Waals surface area contributed by atoms with E-state index in [-0.39, 0.29) is 23.3 Å². The number of rotatable bonds is 4. The third-order valence-electron chi connectivity index (χ3n) is 4.06. The SMILES string of the molecule is O=S(=O)(c1ccc(Cl)cc1)[C@@H]1[C@@H](CO)[C@@H]1c1ccc(Br)cc1. The lowest BCUT2D eigenvalue weighted by Gasteiger charge is -2.04. The number of aliphatic hydroxyl groups is 1. The molecular formula is C16H14BrClO3S. The highest BCUT2D eigenvalue weighted by atomic mass is 79.9. The van der Waals surface area contributed by atoms with Gasteiger partial charge in [0.15, 0.2) is 9.84 Å². The second-order valence-corrected chi connectivity index (χ2v) is 8.85. The molecule has 0 spiro atoms. The van der Waals surface area contributed by atoms with Gasteiger partial charge in [0.05, 0.1) is 10.1 Å². The minimum absolute atomic E-state index is 0.141. The highest BCUT2D eigenvalue weighted by Crippen LogP contribution is 2.53. The zero-order valence-corrected chi connectivity index (χ0v) is 14.6. The van der Waals surface area contributed by atoms with Gasteiger partial charge in [0, 0.05) is 27.9 Å². The Hall–Kier alpha value is -0.880. The molecule has 1 saturated carbocycles. The first-order valence-electron chi connectivity index (χ1n) is 6.81. The summed E-state index contributed by atoms with van der Waals surface area (Å²) in [6, 6.07) is 13.7. The standard InChI is InChI=1S/C16H14BrClO3S/c17-11-3-1-10(2-4-11)15-14(9-19)16(15)22(20,21)13-7-5-12(18)6-8-13/h1-8,14-16,19H,9H2/t14-,15-,16+/m0/s1. The number of benzene rings is 2. The highest BCUT2D eigenvalue weighted by molar-refractivity contribution is 9.10. The van der Waals surface area contributed by atoms with Crippen molar-refractivity contribution in [3.05, 3.63) is 63.6 Å². The molecule has 2 aromatic carbocycles. The van der Waals surface area contributed by atoms with Crippen LogP contribution in [0.5, 0.6) is 0 Å². The molecule has 0 heterocycles. The van der Waals surface area contributed by atoms with Gasteiger partial charge in [0.25, 0.3) is 0 Å². The number of aliphatic hydroxyl groups excluding tert-OH is 1. The lowest BCUT2D eigenvalue weighted by atomic mass is 10.1.